The molecule has 1 atom stereocenters. The van der Waals surface area contributed by atoms with Gasteiger partial charge in [-0.05, 0) is 43.7 Å². The molecule has 0 bridgehead atoms. The summed E-state index contributed by atoms with van der Waals surface area (Å²) in [4.78, 5) is 34.8. The minimum absolute atomic E-state index is 0.00673. The molecule has 0 heterocycles. The van der Waals surface area contributed by atoms with E-state index in [0.29, 0.717) is 28.7 Å². The van der Waals surface area contributed by atoms with Crippen LogP contribution in [0.2, 0.25) is 5.02 Å². The van der Waals surface area contributed by atoms with E-state index in [2.05, 4.69) is 5.32 Å². The fourth-order valence-corrected chi connectivity index (χ4v) is 2.85. The molecule has 1 amide bonds. The summed E-state index contributed by atoms with van der Waals surface area (Å²) >= 11 is 6.17. The number of para-hydroxylation sites is 2. The number of hydrogen-bond acceptors (Lipinski definition) is 7. The van der Waals surface area contributed by atoms with Gasteiger partial charge in [0.05, 0.1) is 23.7 Å². The molecule has 0 radical (unpaired) electrons. The Kier molecular flexibility index (Phi) is 8.39. The van der Waals surface area contributed by atoms with Crippen molar-refractivity contribution in [3.63, 3.8) is 0 Å². The number of anilines is 1. The van der Waals surface area contributed by atoms with Crippen molar-refractivity contribution >= 4 is 40.9 Å². The lowest BCUT2D eigenvalue weighted by Gasteiger charge is -2.13. The second kappa shape index (κ2) is 11.0. The van der Waals surface area contributed by atoms with E-state index in [4.69, 9.17) is 25.8 Å². The van der Waals surface area contributed by atoms with Crippen molar-refractivity contribution in [1.29, 1.82) is 0 Å². The number of nitrogens with zero attached hydrogens (tertiary/aromatic N) is 1. The average Bonchev–Trinajstić information content (AvgIpc) is 2.72. The summed E-state index contributed by atoms with van der Waals surface area (Å²) in [6, 6.07) is 8.88. The number of nitrogens with one attached hydrogen (secondary N) is 1. The lowest BCUT2D eigenvalue weighted by atomic mass is 10.2. The van der Waals surface area contributed by atoms with Crippen LogP contribution in [0.15, 0.2) is 42.5 Å². The molecule has 0 spiro atoms. The molecule has 0 saturated heterocycles. The molecule has 0 fully saturated rings. The van der Waals surface area contributed by atoms with E-state index in [1.54, 1.807) is 18.2 Å². The summed E-state index contributed by atoms with van der Waals surface area (Å²) < 4.78 is 15.7. The quantitative estimate of drug-likeness (QED) is 0.264. The third-order valence-corrected chi connectivity index (χ3v) is 4.25. The van der Waals surface area contributed by atoms with Gasteiger partial charge in [0.1, 0.15) is 5.69 Å². The van der Waals surface area contributed by atoms with Crippen LogP contribution < -0.4 is 14.8 Å². The van der Waals surface area contributed by atoms with Crippen molar-refractivity contribution in [3.05, 3.63) is 63.2 Å². The first kappa shape index (κ1) is 23.7. The highest BCUT2D eigenvalue weighted by Gasteiger charge is 2.21. The number of nitro groups is 1. The van der Waals surface area contributed by atoms with Crippen LogP contribution in [0.3, 0.4) is 0 Å². The molecule has 2 rings (SSSR count). The molecule has 1 unspecified atom stereocenters. The van der Waals surface area contributed by atoms with E-state index in [9.17, 15) is 19.7 Å². The van der Waals surface area contributed by atoms with Crippen molar-refractivity contribution in [3.8, 4) is 11.5 Å². The number of nitro benzene ring substituents is 1. The number of amides is 1. The second-order valence-electron chi connectivity index (χ2n) is 6.14. The summed E-state index contributed by atoms with van der Waals surface area (Å²) in [5.74, 6) is -0.691. The maximum Gasteiger partial charge on any atom is 0.331 e. The summed E-state index contributed by atoms with van der Waals surface area (Å²) in [5.41, 5.74) is 0.297. The van der Waals surface area contributed by atoms with Crippen molar-refractivity contribution in [2.24, 2.45) is 0 Å². The molecule has 9 nitrogen and oxygen atoms in total. The Hall–Kier alpha value is -3.59. The van der Waals surface area contributed by atoms with Gasteiger partial charge in [-0.2, -0.15) is 0 Å². The first-order valence-electron chi connectivity index (χ1n) is 9.20. The van der Waals surface area contributed by atoms with Gasteiger partial charge in [-0.15, -0.1) is 0 Å². The average molecular weight is 449 g/mol. The zero-order chi connectivity index (χ0) is 23.0. The number of halogens is 1. The molecule has 164 valence electrons. The van der Waals surface area contributed by atoms with Crippen molar-refractivity contribution in [1.82, 2.24) is 0 Å². The maximum absolute atomic E-state index is 12.2. The second-order valence-corrected chi connectivity index (χ2v) is 6.55. The minimum Gasteiger partial charge on any atom is -0.491 e. The van der Waals surface area contributed by atoms with Gasteiger partial charge in [0.2, 0.25) is 0 Å². The molecule has 0 aromatic heterocycles. The molecular formula is C21H21ClN2O7. The van der Waals surface area contributed by atoms with Crippen molar-refractivity contribution in [2.45, 2.75) is 20.0 Å². The summed E-state index contributed by atoms with van der Waals surface area (Å²) in [6.45, 7) is 3.56. The Labute approximate surface area is 183 Å². The summed E-state index contributed by atoms with van der Waals surface area (Å²) in [6.07, 6.45) is 1.39. The van der Waals surface area contributed by atoms with Crippen LogP contribution in [-0.2, 0) is 14.3 Å². The van der Waals surface area contributed by atoms with Gasteiger partial charge in [-0.1, -0.05) is 23.7 Å². The Morgan fingerprint density at radius 2 is 2.00 bits per heavy atom. The van der Waals surface area contributed by atoms with Crippen LogP contribution in [-0.4, -0.2) is 36.6 Å². The number of esters is 1. The van der Waals surface area contributed by atoms with Crippen LogP contribution in [0.1, 0.15) is 19.4 Å². The van der Waals surface area contributed by atoms with Gasteiger partial charge in [0, 0.05) is 12.1 Å². The van der Waals surface area contributed by atoms with Gasteiger partial charge < -0.3 is 19.5 Å². The van der Waals surface area contributed by atoms with Crippen LogP contribution >= 0.6 is 11.6 Å². The maximum atomic E-state index is 12.2. The van der Waals surface area contributed by atoms with Gasteiger partial charge in [0.25, 0.3) is 11.6 Å². The standard InChI is InChI=1S/C21H21ClN2O7/c1-4-30-18-12-14(11-15(22)20(18)29-3)9-10-19(25)31-13(2)21(26)23-16-7-5-6-8-17(16)24(27)28/h5-13H,4H2,1-3H3,(H,23,26)/b10-9+. The fraction of sp³-hybridized carbons (Fsp3) is 0.238. The summed E-state index contributed by atoms with van der Waals surface area (Å²) in [7, 11) is 1.47. The van der Waals surface area contributed by atoms with E-state index in [1.165, 1.54) is 38.3 Å². The van der Waals surface area contributed by atoms with E-state index in [1.807, 2.05) is 6.92 Å². The van der Waals surface area contributed by atoms with Crippen LogP contribution in [0, 0.1) is 10.1 Å². The number of hydrogen-bond donors (Lipinski definition) is 1. The van der Waals surface area contributed by atoms with Gasteiger partial charge >= 0.3 is 5.97 Å². The molecule has 2 aromatic rings. The van der Waals surface area contributed by atoms with Gasteiger partial charge in [-0.3, -0.25) is 14.9 Å². The number of carbonyl (C=O) groups excluding carboxylic acids is 2. The number of carbonyl (C=O) groups is 2. The first-order valence-corrected chi connectivity index (χ1v) is 9.57. The number of methoxy groups -OCH3 is 1. The molecule has 0 aliphatic carbocycles. The number of rotatable bonds is 9. The third kappa shape index (κ3) is 6.45. The normalized spacial score (nSPS) is 11.6. The topological polar surface area (TPSA) is 117 Å². The first-order chi connectivity index (χ1) is 14.8. The predicted octanol–water partition coefficient (Wildman–Crippen LogP) is 4.24. The van der Waals surface area contributed by atoms with Crippen LogP contribution in [0.4, 0.5) is 11.4 Å². The van der Waals surface area contributed by atoms with Crippen LogP contribution in [0.25, 0.3) is 6.08 Å². The third-order valence-electron chi connectivity index (χ3n) is 3.97. The highest BCUT2D eigenvalue weighted by atomic mass is 35.5. The SMILES string of the molecule is CCOc1cc(/C=C/C(=O)OC(C)C(=O)Nc2ccccc2[N+](=O)[O-])cc(Cl)c1OC. The van der Waals surface area contributed by atoms with Crippen LogP contribution in [0.5, 0.6) is 11.5 Å². The van der Waals surface area contributed by atoms with E-state index >= 15 is 0 Å². The minimum atomic E-state index is -1.18. The monoisotopic (exact) mass is 448 g/mol. The predicted molar refractivity (Wildman–Crippen MR) is 115 cm³/mol. The lowest BCUT2D eigenvalue weighted by molar-refractivity contribution is -0.383. The molecule has 1 N–H and O–H groups in total. The highest BCUT2D eigenvalue weighted by Crippen LogP contribution is 2.36. The molecule has 10 heteroatoms. The number of ether oxygens (including phenoxy) is 3. The molecule has 0 aliphatic heterocycles. The Balaban J connectivity index is 2.04. The molecule has 0 aliphatic rings. The zero-order valence-corrected chi connectivity index (χ0v) is 17.8. The fourth-order valence-electron chi connectivity index (χ4n) is 2.55. The zero-order valence-electron chi connectivity index (χ0n) is 17.1. The smallest absolute Gasteiger partial charge is 0.331 e. The Morgan fingerprint density at radius 1 is 1.29 bits per heavy atom. The Morgan fingerprint density at radius 3 is 2.65 bits per heavy atom. The van der Waals surface area contributed by atoms with E-state index in [0.717, 1.165) is 6.08 Å². The highest BCUT2D eigenvalue weighted by molar-refractivity contribution is 6.32. The van der Waals surface area contributed by atoms with Gasteiger partial charge in [-0.25, -0.2) is 4.79 Å². The van der Waals surface area contributed by atoms with E-state index < -0.39 is 22.9 Å². The van der Waals surface area contributed by atoms with Crippen molar-refractivity contribution in [2.75, 3.05) is 19.0 Å². The molecule has 2 aromatic carbocycles. The largest absolute Gasteiger partial charge is 0.491 e. The van der Waals surface area contributed by atoms with Gasteiger partial charge in [0.15, 0.2) is 17.6 Å². The molecule has 31 heavy (non-hydrogen) atoms. The molecule has 0 saturated carbocycles. The lowest BCUT2D eigenvalue weighted by Crippen LogP contribution is -2.29. The molecular weight excluding hydrogens is 428 g/mol. The number of benzene rings is 2. The summed E-state index contributed by atoms with van der Waals surface area (Å²) in [5, 5.41) is 13.7. The van der Waals surface area contributed by atoms with Crippen molar-refractivity contribution < 1.29 is 28.7 Å². The van der Waals surface area contributed by atoms with E-state index in [-0.39, 0.29) is 11.4 Å². The Bertz CT molecular complexity index is 1010.